The van der Waals surface area contributed by atoms with Gasteiger partial charge < -0.3 is 5.73 Å². The lowest BCUT2D eigenvalue weighted by Gasteiger charge is -1.97. The maximum Gasteiger partial charge on any atom is 0.103 e. The van der Waals surface area contributed by atoms with Crippen LogP contribution in [0, 0.1) is 11.3 Å². The van der Waals surface area contributed by atoms with Crippen LogP contribution in [0.1, 0.15) is 13.8 Å². The molecule has 0 radical (unpaired) electrons. The second kappa shape index (κ2) is 4.29. The minimum absolute atomic E-state index is 0.421. The van der Waals surface area contributed by atoms with Gasteiger partial charge in [0.15, 0.2) is 0 Å². The van der Waals surface area contributed by atoms with E-state index in [1.54, 1.807) is 13.8 Å². The maximum absolute atomic E-state index is 8.59. The van der Waals surface area contributed by atoms with Crippen molar-refractivity contribution in [3.05, 3.63) is 24.0 Å². The van der Waals surface area contributed by atoms with E-state index in [0.29, 0.717) is 17.0 Å². The summed E-state index contributed by atoms with van der Waals surface area (Å²) < 4.78 is 0. The predicted molar refractivity (Wildman–Crippen MR) is 45.8 cm³/mol. The first-order valence-corrected chi connectivity index (χ1v) is 3.15. The predicted octanol–water partition coefficient (Wildman–Crippen LogP) is 1.35. The molecule has 11 heavy (non-hydrogen) atoms. The molecule has 0 unspecified atom stereocenters. The van der Waals surface area contributed by atoms with Crippen LogP contribution in [0.25, 0.3) is 0 Å². The van der Waals surface area contributed by atoms with Gasteiger partial charge in [0.1, 0.15) is 6.07 Å². The van der Waals surface area contributed by atoms with Crippen LogP contribution in [0.15, 0.2) is 29.0 Å². The first-order chi connectivity index (χ1) is 5.13. The highest BCUT2D eigenvalue weighted by atomic mass is 14.7. The van der Waals surface area contributed by atoms with E-state index in [1.807, 2.05) is 6.07 Å². The zero-order valence-electron chi connectivity index (χ0n) is 6.76. The van der Waals surface area contributed by atoms with Crippen molar-refractivity contribution in [2.45, 2.75) is 13.8 Å². The Hall–Kier alpha value is -1.56. The molecule has 0 aliphatic rings. The maximum atomic E-state index is 8.59. The van der Waals surface area contributed by atoms with Gasteiger partial charge in [-0.3, -0.25) is 4.99 Å². The zero-order valence-corrected chi connectivity index (χ0v) is 6.76. The van der Waals surface area contributed by atoms with E-state index in [1.165, 1.54) is 6.20 Å². The molecule has 0 fully saturated rings. The van der Waals surface area contributed by atoms with Gasteiger partial charge >= 0.3 is 0 Å². The van der Waals surface area contributed by atoms with Gasteiger partial charge in [-0.15, -0.1) is 0 Å². The molecular weight excluding hydrogens is 138 g/mol. The second-order valence-corrected chi connectivity index (χ2v) is 2.07. The minimum atomic E-state index is 0.421. The molecule has 0 saturated carbocycles. The molecule has 0 aromatic rings. The quantitative estimate of drug-likeness (QED) is 0.475. The summed E-state index contributed by atoms with van der Waals surface area (Å²) in [5.41, 5.74) is 6.92. The lowest BCUT2D eigenvalue weighted by atomic mass is 10.1. The molecule has 0 rings (SSSR count). The van der Waals surface area contributed by atoms with E-state index in [0.717, 1.165) is 0 Å². The fraction of sp³-hybridized carbons (Fsp3) is 0.250. The third-order valence-corrected chi connectivity index (χ3v) is 1.15. The average Bonchev–Trinajstić information content (AvgIpc) is 1.88. The topological polar surface area (TPSA) is 62.2 Å². The highest BCUT2D eigenvalue weighted by Crippen LogP contribution is 2.00. The molecule has 0 aromatic carbocycles. The summed E-state index contributed by atoms with van der Waals surface area (Å²) in [6, 6.07) is 1.96. The van der Waals surface area contributed by atoms with Crippen molar-refractivity contribution < 1.29 is 0 Å². The Morgan fingerprint density at radius 2 is 2.18 bits per heavy atom. The van der Waals surface area contributed by atoms with Crippen LogP contribution in [0.4, 0.5) is 0 Å². The molecule has 0 aromatic heterocycles. The molecular formula is C8H11N3. The Morgan fingerprint density at radius 3 is 2.45 bits per heavy atom. The molecule has 2 N–H and O–H groups in total. The van der Waals surface area contributed by atoms with Gasteiger partial charge in [-0.05, 0) is 13.8 Å². The third kappa shape index (κ3) is 2.67. The van der Waals surface area contributed by atoms with Crippen LogP contribution in [0.5, 0.6) is 0 Å². The van der Waals surface area contributed by atoms with Crippen LogP contribution in [0.3, 0.4) is 0 Å². The van der Waals surface area contributed by atoms with Gasteiger partial charge in [0.05, 0.1) is 11.3 Å². The lowest BCUT2D eigenvalue weighted by molar-refractivity contribution is 1.28. The van der Waals surface area contributed by atoms with Gasteiger partial charge in [-0.25, -0.2) is 0 Å². The van der Waals surface area contributed by atoms with Gasteiger partial charge in [-0.1, -0.05) is 6.58 Å². The number of allylic oxidation sites excluding steroid dienone is 2. The number of nitrogens with zero attached hydrogens (tertiary/aromatic N) is 2. The zero-order chi connectivity index (χ0) is 8.85. The molecule has 58 valence electrons. The van der Waals surface area contributed by atoms with Crippen molar-refractivity contribution >= 4 is 5.71 Å². The SMILES string of the molecule is C=CN=C(C)/C(C#N)=C(\C)N. The number of hydrogen-bond acceptors (Lipinski definition) is 3. The number of aliphatic imine (C=N–C) groups is 1. The van der Waals surface area contributed by atoms with Crippen molar-refractivity contribution in [2.24, 2.45) is 10.7 Å². The van der Waals surface area contributed by atoms with Gasteiger partial charge in [0.2, 0.25) is 0 Å². The van der Waals surface area contributed by atoms with Crippen LogP contribution in [-0.4, -0.2) is 5.71 Å². The van der Waals surface area contributed by atoms with Crippen molar-refractivity contribution in [3.8, 4) is 6.07 Å². The summed E-state index contributed by atoms with van der Waals surface area (Å²) in [5, 5.41) is 8.59. The fourth-order valence-corrected chi connectivity index (χ4v) is 0.656. The minimum Gasteiger partial charge on any atom is -0.401 e. The number of hydrogen-bond donors (Lipinski definition) is 1. The summed E-state index contributed by atoms with van der Waals surface area (Å²) in [7, 11) is 0. The van der Waals surface area contributed by atoms with E-state index in [4.69, 9.17) is 11.0 Å². The standard InChI is InChI=1S/C8H11N3/c1-4-11-7(3)8(5-9)6(2)10/h4H,1,10H2,2-3H3/b8-6+,11-7?. The normalized spacial score (nSPS) is 13.4. The van der Waals surface area contributed by atoms with Gasteiger partial charge in [0.25, 0.3) is 0 Å². The first kappa shape index (κ1) is 9.44. The molecule has 0 aliphatic heterocycles. The molecule has 0 atom stereocenters. The Bertz CT molecular complexity index is 249. The van der Waals surface area contributed by atoms with Crippen molar-refractivity contribution in [3.63, 3.8) is 0 Å². The van der Waals surface area contributed by atoms with Gasteiger partial charge in [-0.2, -0.15) is 5.26 Å². The van der Waals surface area contributed by atoms with Crippen LogP contribution in [-0.2, 0) is 0 Å². The summed E-state index contributed by atoms with van der Waals surface area (Å²) >= 11 is 0. The summed E-state index contributed by atoms with van der Waals surface area (Å²) in [4.78, 5) is 3.84. The van der Waals surface area contributed by atoms with Crippen LogP contribution < -0.4 is 5.73 Å². The highest BCUT2D eigenvalue weighted by Gasteiger charge is 2.01. The van der Waals surface area contributed by atoms with Gasteiger partial charge in [0, 0.05) is 11.9 Å². The Balaban J connectivity index is 4.86. The smallest absolute Gasteiger partial charge is 0.103 e. The number of rotatable bonds is 2. The molecule has 0 amide bonds. The van der Waals surface area contributed by atoms with Crippen LogP contribution >= 0.6 is 0 Å². The third-order valence-electron chi connectivity index (χ3n) is 1.15. The average molecular weight is 149 g/mol. The highest BCUT2D eigenvalue weighted by molar-refractivity contribution is 6.02. The number of nitrogens with two attached hydrogens (primary N) is 1. The van der Waals surface area contributed by atoms with Crippen molar-refractivity contribution in [1.29, 1.82) is 5.26 Å². The monoisotopic (exact) mass is 149 g/mol. The molecule has 0 bridgehead atoms. The molecule has 0 aliphatic carbocycles. The molecule has 3 nitrogen and oxygen atoms in total. The molecule has 0 spiro atoms. The van der Waals surface area contributed by atoms with E-state index < -0.39 is 0 Å². The fourth-order valence-electron chi connectivity index (χ4n) is 0.656. The van der Waals surface area contributed by atoms with E-state index >= 15 is 0 Å². The lowest BCUT2D eigenvalue weighted by Crippen LogP contribution is -2.04. The molecule has 0 saturated heterocycles. The Morgan fingerprint density at radius 1 is 1.64 bits per heavy atom. The Labute approximate surface area is 66.5 Å². The largest absolute Gasteiger partial charge is 0.401 e. The van der Waals surface area contributed by atoms with E-state index in [2.05, 4.69) is 11.6 Å². The molecule has 0 heterocycles. The van der Waals surface area contributed by atoms with E-state index in [-0.39, 0.29) is 0 Å². The summed E-state index contributed by atoms with van der Waals surface area (Å²) in [6.45, 7) is 6.80. The van der Waals surface area contributed by atoms with Crippen molar-refractivity contribution in [1.82, 2.24) is 0 Å². The van der Waals surface area contributed by atoms with E-state index in [9.17, 15) is 0 Å². The first-order valence-electron chi connectivity index (χ1n) is 3.15. The summed E-state index contributed by atoms with van der Waals surface area (Å²) in [6.07, 6.45) is 1.38. The Kier molecular flexibility index (Phi) is 3.68. The molecule has 3 heteroatoms. The number of nitriles is 1. The van der Waals surface area contributed by atoms with Crippen molar-refractivity contribution in [2.75, 3.05) is 0 Å². The summed E-state index contributed by atoms with van der Waals surface area (Å²) in [5.74, 6) is 0. The second-order valence-electron chi connectivity index (χ2n) is 2.07. The van der Waals surface area contributed by atoms with Crippen LogP contribution in [0.2, 0.25) is 0 Å².